The van der Waals surface area contributed by atoms with Crippen LogP contribution in [0.4, 0.5) is 0 Å². The number of rotatable bonds is 0. The second-order valence-corrected chi connectivity index (χ2v) is 6.49. The minimum absolute atomic E-state index is 0.153. The maximum absolute atomic E-state index is 12.5. The molecular formula is C14H18O4. The monoisotopic (exact) mass is 250 g/mol. The molecule has 3 rings (SSSR count). The van der Waals surface area contributed by atoms with E-state index in [4.69, 9.17) is 4.74 Å². The summed E-state index contributed by atoms with van der Waals surface area (Å²) < 4.78 is 5.03. The molecule has 3 aliphatic rings. The van der Waals surface area contributed by atoms with Gasteiger partial charge in [-0.3, -0.25) is 4.79 Å². The Bertz CT molecular complexity index is 488. The van der Waals surface area contributed by atoms with Crippen LogP contribution in [0.25, 0.3) is 0 Å². The van der Waals surface area contributed by atoms with Gasteiger partial charge in [0.25, 0.3) is 0 Å². The van der Waals surface area contributed by atoms with Crippen molar-refractivity contribution in [2.45, 2.75) is 39.2 Å². The number of carbonyl (C=O) groups excluding carboxylic acids is 2. The van der Waals surface area contributed by atoms with Crippen LogP contribution in [0.15, 0.2) is 11.1 Å². The van der Waals surface area contributed by atoms with Crippen molar-refractivity contribution in [3.63, 3.8) is 0 Å². The Balaban J connectivity index is 2.19. The number of hydrogen-bond donors (Lipinski definition) is 1. The molecule has 1 aliphatic heterocycles. The molecule has 0 saturated heterocycles. The van der Waals surface area contributed by atoms with Gasteiger partial charge in [-0.1, -0.05) is 20.8 Å². The van der Waals surface area contributed by atoms with E-state index >= 15 is 0 Å². The molecule has 0 spiro atoms. The zero-order valence-electron chi connectivity index (χ0n) is 10.9. The lowest BCUT2D eigenvalue weighted by molar-refractivity contribution is -0.146. The zero-order valence-corrected chi connectivity index (χ0v) is 10.9. The molecule has 1 fully saturated rings. The molecule has 0 radical (unpaired) electrons. The first-order chi connectivity index (χ1) is 8.28. The van der Waals surface area contributed by atoms with Gasteiger partial charge in [0.15, 0.2) is 11.4 Å². The highest BCUT2D eigenvalue weighted by atomic mass is 16.5. The topological polar surface area (TPSA) is 63.6 Å². The van der Waals surface area contributed by atoms with Gasteiger partial charge >= 0.3 is 5.97 Å². The van der Waals surface area contributed by atoms with Gasteiger partial charge in [0.1, 0.15) is 6.61 Å². The maximum Gasteiger partial charge on any atom is 0.337 e. The van der Waals surface area contributed by atoms with Crippen molar-refractivity contribution in [1.82, 2.24) is 0 Å². The molecule has 18 heavy (non-hydrogen) atoms. The first-order valence-electron chi connectivity index (χ1n) is 6.46. The SMILES string of the molecule is C[C@H]1CC2CC(C)(C)C(=O)[C@@]2(O)C2=C1COC2=O. The summed E-state index contributed by atoms with van der Waals surface area (Å²) in [4.78, 5) is 24.4. The van der Waals surface area contributed by atoms with Gasteiger partial charge in [-0.25, -0.2) is 4.79 Å². The van der Waals surface area contributed by atoms with Crippen LogP contribution in [0.3, 0.4) is 0 Å². The number of carbonyl (C=O) groups is 2. The van der Waals surface area contributed by atoms with E-state index in [-0.39, 0.29) is 29.8 Å². The molecule has 0 amide bonds. The quantitative estimate of drug-likeness (QED) is 0.657. The van der Waals surface area contributed by atoms with Crippen LogP contribution < -0.4 is 0 Å². The fraction of sp³-hybridized carbons (Fsp3) is 0.714. The third kappa shape index (κ3) is 1.19. The summed E-state index contributed by atoms with van der Waals surface area (Å²) in [5.41, 5.74) is -1.09. The van der Waals surface area contributed by atoms with Gasteiger partial charge in [0.05, 0.1) is 5.57 Å². The van der Waals surface area contributed by atoms with Gasteiger partial charge in [-0.05, 0) is 24.3 Å². The largest absolute Gasteiger partial charge is 0.458 e. The minimum Gasteiger partial charge on any atom is -0.458 e. The summed E-state index contributed by atoms with van der Waals surface area (Å²) in [6.07, 6.45) is 1.39. The number of cyclic esters (lactones) is 1. The summed E-state index contributed by atoms with van der Waals surface area (Å²) in [6, 6.07) is 0. The molecular weight excluding hydrogens is 232 g/mol. The number of ketones is 1. The fourth-order valence-corrected chi connectivity index (χ4v) is 3.91. The standard InChI is InChI=1S/C14H18O4/c1-7-4-8-5-13(2,3)12(16)14(8,17)10-9(7)6-18-11(10)15/h7-8,17H,4-6H2,1-3H3/t7-,8?,14-/m0/s1. The van der Waals surface area contributed by atoms with E-state index in [9.17, 15) is 14.7 Å². The van der Waals surface area contributed by atoms with E-state index in [0.717, 1.165) is 12.0 Å². The van der Waals surface area contributed by atoms with Crippen molar-refractivity contribution in [2.24, 2.45) is 17.3 Å². The lowest BCUT2D eigenvalue weighted by atomic mass is 9.69. The van der Waals surface area contributed by atoms with Crippen LogP contribution in [0, 0.1) is 17.3 Å². The average Bonchev–Trinajstić information content (AvgIpc) is 2.73. The van der Waals surface area contributed by atoms with Gasteiger partial charge < -0.3 is 9.84 Å². The number of fused-ring (bicyclic) bond motifs is 2. The Kier molecular flexibility index (Phi) is 2.14. The minimum atomic E-state index is -1.60. The van der Waals surface area contributed by atoms with Gasteiger partial charge in [-0.2, -0.15) is 0 Å². The summed E-state index contributed by atoms with van der Waals surface area (Å²) in [6.45, 7) is 5.96. The number of aliphatic hydroxyl groups is 1. The van der Waals surface area contributed by atoms with E-state index < -0.39 is 17.0 Å². The van der Waals surface area contributed by atoms with Crippen LogP contribution in [0.1, 0.15) is 33.6 Å². The lowest BCUT2D eigenvalue weighted by Gasteiger charge is -2.35. The normalized spacial score (nSPS) is 41.8. The molecule has 1 heterocycles. The third-order valence-corrected chi connectivity index (χ3v) is 4.81. The molecule has 0 aromatic heterocycles. The Morgan fingerprint density at radius 3 is 2.67 bits per heavy atom. The highest BCUT2D eigenvalue weighted by molar-refractivity contribution is 6.08. The molecule has 98 valence electrons. The van der Waals surface area contributed by atoms with E-state index in [1.807, 2.05) is 20.8 Å². The number of esters is 1. The summed E-state index contributed by atoms with van der Waals surface area (Å²) >= 11 is 0. The van der Waals surface area contributed by atoms with E-state index in [1.165, 1.54) is 0 Å². The highest BCUT2D eigenvalue weighted by Crippen LogP contribution is 2.55. The van der Waals surface area contributed by atoms with Crippen LogP contribution >= 0.6 is 0 Å². The van der Waals surface area contributed by atoms with Crippen LogP contribution in [0.2, 0.25) is 0 Å². The molecule has 4 nitrogen and oxygen atoms in total. The van der Waals surface area contributed by atoms with E-state index in [0.29, 0.717) is 6.42 Å². The molecule has 0 bridgehead atoms. The second-order valence-electron chi connectivity index (χ2n) is 6.49. The van der Waals surface area contributed by atoms with Crippen molar-refractivity contribution in [3.05, 3.63) is 11.1 Å². The fourth-order valence-electron chi connectivity index (χ4n) is 3.91. The molecule has 1 N–H and O–H groups in total. The Hall–Kier alpha value is -1.16. The molecule has 0 aromatic carbocycles. The van der Waals surface area contributed by atoms with Crippen LogP contribution in [-0.4, -0.2) is 29.1 Å². The predicted octanol–water partition coefficient (Wildman–Crippen LogP) is 1.23. The summed E-state index contributed by atoms with van der Waals surface area (Å²) in [5, 5.41) is 10.9. The Labute approximate surface area is 106 Å². The maximum atomic E-state index is 12.5. The first-order valence-corrected chi connectivity index (χ1v) is 6.46. The van der Waals surface area contributed by atoms with Crippen LogP contribution in [-0.2, 0) is 14.3 Å². The predicted molar refractivity (Wildman–Crippen MR) is 63.6 cm³/mol. The molecule has 4 heteroatoms. The van der Waals surface area contributed by atoms with Crippen LogP contribution in [0.5, 0.6) is 0 Å². The zero-order chi connectivity index (χ0) is 13.3. The van der Waals surface area contributed by atoms with E-state index in [1.54, 1.807) is 0 Å². The smallest absolute Gasteiger partial charge is 0.337 e. The lowest BCUT2D eigenvalue weighted by Crippen LogP contribution is -2.49. The van der Waals surface area contributed by atoms with Gasteiger partial charge in [0.2, 0.25) is 0 Å². The average molecular weight is 250 g/mol. The first kappa shape index (κ1) is 11.9. The molecule has 0 aromatic rings. The molecule has 3 atom stereocenters. The molecule has 2 aliphatic carbocycles. The van der Waals surface area contributed by atoms with Crippen molar-refractivity contribution in [2.75, 3.05) is 6.61 Å². The second kappa shape index (κ2) is 3.23. The number of Topliss-reactive ketones (excluding diaryl/α,β-unsaturated/α-hetero) is 1. The third-order valence-electron chi connectivity index (χ3n) is 4.81. The van der Waals surface area contributed by atoms with Gasteiger partial charge in [-0.15, -0.1) is 0 Å². The Morgan fingerprint density at radius 2 is 2.00 bits per heavy atom. The number of hydrogen-bond acceptors (Lipinski definition) is 4. The molecule has 1 saturated carbocycles. The van der Waals surface area contributed by atoms with Crippen molar-refractivity contribution < 1.29 is 19.4 Å². The van der Waals surface area contributed by atoms with Crippen molar-refractivity contribution >= 4 is 11.8 Å². The highest BCUT2D eigenvalue weighted by Gasteiger charge is 2.64. The Morgan fingerprint density at radius 1 is 1.33 bits per heavy atom. The summed E-state index contributed by atoms with van der Waals surface area (Å²) in [5.74, 6) is -0.675. The summed E-state index contributed by atoms with van der Waals surface area (Å²) in [7, 11) is 0. The van der Waals surface area contributed by atoms with Crippen molar-refractivity contribution in [1.29, 1.82) is 0 Å². The number of ether oxygens (including phenoxy) is 1. The van der Waals surface area contributed by atoms with Gasteiger partial charge in [0, 0.05) is 11.3 Å². The van der Waals surface area contributed by atoms with Crippen molar-refractivity contribution in [3.8, 4) is 0 Å². The van der Waals surface area contributed by atoms with E-state index in [2.05, 4.69) is 0 Å². The molecule has 1 unspecified atom stereocenters.